The van der Waals surface area contributed by atoms with Crippen LogP contribution in [0, 0.1) is 6.92 Å². The average Bonchev–Trinajstić information content (AvgIpc) is 2.39. The van der Waals surface area contributed by atoms with E-state index in [1.807, 2.05) is 19.1 Å². The van der Waals surface area contributed by atoms with Crippen LogP contribution in [0.3, 0.4) is 0 Å². The van der Waals surface area contributed by atoms with Crippen molar-refractivity contribution in [3.8, 4) is 0 Å². The summed E-state index contributed by atoms with van der Waals surface area (Å²) in [5.41, 5.74) is 1.14. The van der Waals surface area contributed by atoms with Gasteiger partial charge in [-0.25, -0.2) is 0 Å². The van der Waals surface area contributed by atoms with Crippen LogP contribution in [0.2, 0.25) is 5.02 Å². The third-order valence-corrected chi connectivity index (χ3v) is 3.61. The van der Waals surface area contributed by atoms with Crippen LogP contribution in [0.15, 0.2) is 22.4 Å². The van der Waals surface area contributed by atoms with Gasteiger partial charge in [0, 0.05) is 9.72 Å². The van der Waals surface area contributed by atoms with Crippen molar-refractivity contribution in [3.63, 3.8) is 0 Å². The molecule has 0 saturated heterocycles. The van der Waals surface area contributed by atoms with E-state index in [-0.39, 0.29) is 0 Å². The molecule has 0 atom stereocenters. The van der Waals surface area contributed by atoms with Crippen LogP contribution < -0.4 is 0 Å². The molecule has 0 fully saturated rings. The Balaban J connectivity index is 2.89. The van der Waals surface area contributed by atoms with E-state index in [0.717, 1.165) is 14.8 Å². The van der Waals surface area contributed by atoms with Crippen LogP contribution in [-0.4, -0.2) is 0 Å². The monoisotopic (exact) mass is 214 g/mol. The molecule has 1 heterocycles. The minimum absolute atomic E-state index is 0.827. The molecule has 2 aromatic rings. The Kier molecular flexibility index (Phi) is 2.07. The summed E-state index contributed by atoms with van der Waals surface area (Å²) in [6, 6.07) is 6.03. The summed E-state index contributed by atoms with van der Waals surface area (Å²) < 4.78 is 2.29. The molecule has 0 amide bonds. The summed E-state index contributed by atoms with van der Waals surface area (Å²) in [4.78, 5) is 0. The number of thiol groups is 1. The van der Waals surface area contributed by atoms with Crippen LogP contribution in [0.1, 0.15) is 5.56 Å². The first kappa shape index (κ1) is 8.42. The first-order valence-corrected chi connectivity index (χ1v) is 5.20. The molecule has 3 heteroatoms. The maximum atomic E-state index is 5.98. The Bertz CT molecular complexity index is 431. The van der Waals surface area contributed by atoms with Crippen molar-refractivity contribution in [1.29, 1.82) is 0 Å². The number of thiophene rings is 1. The molecular formula is C9H7ClS2. The van der Waals surface area contributed by atoms with Crippen LogP contribution in [0.4, 0.5) is 0 Å². The molecule has 0 saturated carbocycles. The van der Waals surface area contributed by atoms with Crippen molar-refractivity contribution in [1.82, 2.24) is 0 Å². The lowest BCUT2D eigenvalue weighted by atomic mass is 10.1. The predicted octanol–water partition coefficient (Wildman–Crippen LogP) is 4.15. The van der Waals surface area contributed by atoms with E-state index >= 15 is 0 Å². The third kappa shape index (κ3) is 1.24. The van der Waals surface area contributed by atoms with Gasteiger partial charge in [-0.05, 0) is 36.1 Å². The third-order valence-electron chi connectivity index (χ3n) is 1.89. The molecule has 1 aromatic heterocycles. The van der Waals surface area contributed by atoms with Gasteiger partial charge in [0.25, 0.3) is 0 Å². The van der Waals surface area contributed by atoms with Gasteiger partial charge in [0.05, 0.1) is 4.21 Å². The van der Waals surface area contributed by atoms with Gasteiger partial charge in [0.2, 0.25) is 0 Å². The Morgan fingerprint density at radius 1 is 1.42 bits per heavy atom. The Morgan fingerprint density at radius 2 is 2.17 bits per heavy atom. The van der Waals surface area contributed by atoms with Crippen molar-refractivity contribution in [2.75, 3.05) is 0 Å². The van der Waals surface area contributed by atoms with Crippen LogP contribution >= 0.6 is 35.6 Å². The van der Waals surface area contributed by atoms with Crippen molar-refractivity contribution in [2.24, 2.45) is 0 Å². The number of halogens is 1. The maximum absolute atomic E-state index is 5.98. The zero-order valence-corrected chi connectivity index (χ0v) is 8.93. The summed E-state index contributed by atoms with van der Waals surface area (Å²) in [5.74, 6) is 0. The molecule has 0 bridgehead atoms. The molecule has 0 aliphatic carbocycles. The highest BCUT2D eigenvalue weighted by Gasteiger charge is 2.03. The molecular weight excluding hydrogens is 208 g/mol. The number of aryl methyl sites for hydroxylation is 1. The lowest BCUT2D eigenvalue weighted by Crippen LogP contribution is -1.73. The SMILES string of the molecule is Cc1c(Cl)ccc2sc(S)cc12. The number of hydrogen-bond donors (Lipinski definition) is 1. The summed E-state index contributed by atoms with van der Waals surface area (Å²) in [5, 5.41) is 2.05. The molecule has 1 aromatic carbocycles. The highest BCUT2D eigenvalue weighted by molar-refractivity contribution is 7.83. The second-order valence-corrected chi connectivity index (χ2v) is 4.94. The summed E-state index contributed by atoms with van der Waals surface area (Å²) in [7, 11) is 0. The standard InChI is InChI=1S/C9H7ClS2/c1-5-6-4-9(11)12-8(6)3-2-7(5)10/h2-4,11H,1H3. The van der Waals surface area contributed by atoms with Crippen molar-refractivity contribution in [3.05, 3.63) is 28.8 Å². The summed E-state index contributed by atoms with van der Waals surface area (Å²) >= 11 is 12.0. The van der Waals surface area contributed by atoms with Gasteiger partial charge in [0.1, 0.15) is 0 Å². The van der Waals surface area contributed by atoms with E-state index < -0.39 is 0 Å². The van der Waals surface area contributed by atoms with Crippen LogP contribution in [0.5, 0.6) is 0 Å². The minimum Gasteiger partial charge on any atom is -0.133 e. The van der Waals surface area contributed by atoms with E-state index in [4.69, 9.17) is 11.6 Å². The van der Waals surface area contributed by atoms with Gasteiger partial charge in [0.15, 0.2) is 0 Å². The van der Waals surface area contributed by atoms with E-state index in [0.29, 0.717) is 0 Å². The van der Waals surface area contributed by atoms with E-state index in [1.165, 1.54) is 10.1 Å². The molecule has 2 rings (SSSR count). The van der Waals surface area contributed by atoms with Gasteiger partial charge >= 0.3 is 0 Å². The summed E-state index contributed by atoms with van der Waals surface area (Å²) in [6.45, 7) is 2.03. The van der Waals surface area contributed by atoms with Gasteiger partial charge < -0.3 is 0 Å². The normalized spacial score (nSPS) is 10.9. The fraction of sp³-hybridized carbons (Fsp3) is 0.111. The molecule has 12 heavy (non-hydrogen) atoms. The van der Waals surface area contributed by atoms with E-state index in [1.54, 1.807) is 11.3 Å². The first-order valence-electron chi connectivity index (χ1n) is 3.56. The van der Waals surface area contributed by atoms with Crippen molar-refractivity contribution < 1.29 is 0 Å². The second kappa shape index (κ2) is 2.95. The number of rotatable bonds is 0. The number of benzene rings is 1. The lowest BCUT2D eigenvalue weighted by molar-refractivity contribution is 1.54. The van der Waals surface area contributed by atoms with Crippen molar-refractivity contribution in [2.45, 2.75) is 11.1 Å². The Morgan fingerprint density at radius 3 is 2.92 bits per heavy atom. The Labute approximate surface area is 85.6 Å². The summed E-state index contributed by atoms with van der Waals surface area (Å²) in [6.07, 6.45) is 0. The molecule has 0 radical (unpaired) electrons. The topological polar surface area (TPSA) is 0 Å². The smallest absolute Gasteiger partial charge is 0.0580 e. The van der Waals surface area contributed by atoms with Crippen LogP contribution in [0.25, 0.3) is 10.1 Å². The quantitative estimate of drug-likeness (QED) is 0.626. The predicted molar refractivity (Wildman–Crippen MR) is 58.8 cm³/mol. The molecule has 62 valence electrons. The maximum Gasteiger partial charge on any atom is 0.0580 e. The van der Waals surface area contributed by atoms with Gasteiger partial charge in [-0.2, -0.15) is 0 Å². The first-order chi connectivity index (χ1) is 5.68. The molecule has 0 nitrogen and oxygen atoms in total. The molecule has 0 aliphatic rings. The average molecular weight is 215 g/mol. The fourth-order valence-electron chi connectivity index (χ4n) is 1.21. The molecule has 0 spiro atoms. The zero-order valence-electron chi connectivity index (χ0n) is 6.47. The largest absolute Gasteiger partial charge is 0.133 e. The van der Waals surface area contributed by atoms with Gasteiger partial charge in [-0.15, -0.1) is 24.0 Å². The fourth-order valence-corrected chi connectivity index (χ4v) is 2.66. The highest BCUT2D eigenvalue weighted by atomic mass is 35.5. The zero-order chi connectivity index (χ0) is 8.72. The Hall–Kier alpha value is -0.180. The highest BCUT2D eigenvalue weighted by Crippen LogP contribution is 2.33. The molecule has 0 aliphatic heterocycles. The lowest BCUT2D eigenvalue weighted by Gasteiger charge is -1.97. The number of hydrogen-bond acceptors (Lipinski definition) is 2. The van der Waals surface area contributed by atoms with Crippen molar-refractivity contribution >= 4 is 45.7 Å². The molecule has 0 unspecified atom stereocenters. The van der Waals surface area contributed by atoms with Gasteiger partial charge in [-0.1, -0.05) is 11.6 Å². The van der Waals surface area contributed by atoms with E-state index in [2.05, 4.69) is 18.7 Å². The second-order valence-electron chi connectivity index (χ2n) is 2.67. The van der Waals surface area contributed by atoms with Gasteiger partial charge in [-0.3, -0.25) is 0 Å². The minimum atomic E-state index is 0.827. The van der Waals surface area contributed by atoms with E-state index in [9.17, 15) is 0 Å². The number of fused-ring (bicyclic) bond motifs is 1. The van der Waals surface area contributed by atoms with Crippen LogP contribution in [-0.2, 0) is 0 Å². The molecule has 0 N–H and O–H groups in total.